The van der Waals surface area contributed by atoms with Gasteiger partial charge >= 0.3 is 6.18 Å². The fourth-order valence-corrected chi connectivity index (χ4v) is 5.42. The van der Waals surface area contributed by atoms with E-state index in [-0.39, 0.29) is 11.3 Å². The Kier molecular flexibility index (Phi) is 8.46. The van der Waals surface area contributed by atoms with Crippen LogP contribution in [0.4, 0.5) is 24.5 Å². The highest BCUT2D eigenvalue weighted by molar-refractivity contribution is 6.33. The number of rotatable bonds is 6. The first-order valence-electron chi connectivity index (χ1n) is 12.6. The molecule has 4 rings (SSSR count). The molecule has 3 aromatic rings. The number of anilines is 2. The molecule has 0 aromatic heterocycles. The Labute approximate surface area is 226 Å². The Morgan fingerprint density at radius 3 is 2.47 bits per heavy atom. The zero-order valence-electron chi connectivity index (χ0n) is 21.7. The molecule has 0 amide bonds. The van der Waals surface area contributed by atoms with E-state index >= 15 is 0 Å². The number of fused-ring (bicyclic) bond motifs is 1. The lowest BCUT2D eigenvalue weighted by molar-refractivity contribution is -0.137. The quantitative estimate of drug-likeness (QED) is 0.138. The smallest absolute Gasteiger partial charge is 0.370 e. The maximum absolute atomic E-state index is 14.0. The third-order valence-corrected chi connectivity index (χ3v) is 7.52. The van der Waals surface area contributed by atoms with Crippen LogP contribution in [0.15, 0.2) is 71.4 Å². The van der Waals surface area contributed by atoms with Crippen LogP contribution in [0.3, 0.4) is 0 Å². The van der Waals surface area contributed by atoms with Crippen LogP contribution in [0.5, 0.6) is 0 Å². The molecule has 4 nitrogen and oxygen atoms in total. The van der Waals surface area contributed by atoms with Crippen LogP contribution < -0.4 is 9.80 Å². The summed E-state index contributed by atoms with van der Waals surface area (Å²) in [5, 5.41) is 1.48. The van der Waals surface area contributed by atoms with Crippen molar-refractivity contribution in [3.05, 3.63) is 82.5 Å². The van der Waals surface area contributed by atoms with Crippen LogP contribution in [-0.2, 0) is 17.4 Å². The zero-order chi connectivity index (χ0) is 27.4. The van der Waals surface area contributed by atoms with Gasteiger partial charge in [0.15, 0.2) is 0 Å². The third kappa shape index (κ3) is 6.21. The van der Waals surface area contributed by atoms with Crippen molar-refractivity contribution < 1.29 is 18.0 Å². The van der Waals surface area contributed by atoms with Crippen LogP contribution in [0.25, 0.3) is 10.8 Å². The predicted octanol–water partition coefficient (Wildman–Crippen LogP) is 7.93. The van der Waals surface area contributed by atoms with Crippen molar-refractivity contribution in [2.45, 2.75) is 39.3 Å². The molecule has 0 bridgehead atoms. The van der Waals surface area contributed by atoms with Crippen molar-refractivity contribution in [2.24, 2.45) is 10.9 Å². The van der Waals surface area contributed by atoms with Gasteiger partial charge in [0.2, 0.25) is 0 Å². The number of piperidine rings is 1. The van der Waals surface area contributed by atoms with Gasteiger partial charge in [-0.05, 0) is 79.6 Å². The van der Waals surface area contributed by atoms with Crippen LogP contribution >= 0.6 is 11.6 Å². The van der Waals surface area contributed by atoms with E-state index in [0.29, 0.717) is 34.4 Å². The summed E-state index contributed by atoms with van der Waals surface area (Å²) in [7, 11) is 1.88. The summed E-state index contributed by atoms with van der Waals surface area (Å²) in [6, 6.07) is 16.0. The number of nitrogens with zero attached hydrogens (tertiary/aromatic N) is 3. The summed E-state index contributed by atoms with van der Waals surface area (Å²) < 4.78 is 42.1. The van der Waals surface area contributed by atoms with E-state index < -0.39 is 11.7 Å². The average Bonchev–Trinajstić information content (AvgIpc) is 2.88. The number of halogens is 4. The Bertz CT molecular complexity index is 1370. The highest BCUT2D eigenvalue weighted by atomic mass is 35.5. The molecule has 200 valence electrons. The SMILES string of the molecule is CC(=N/C(C)=C\C=O)N(C)c1ccc(N2CCC(Cc3ccc4ccccc4c3C(F)(F)F)CC2)c(Cl)c1. The molecule has 0 N–H and O–H groups in total. The Morgan fingerprint density at radius 2 is 1.82 bits per heavy atom. The Hall–Kier alpha value is -3.32. The van der Waals surface area contributed by atoms with Crippen molar-refractivity contribution >= 4 is 45.9 Å². The van der Waals surface area contributed by atoms with Crippen molar-refractivity contribution in [1.82, 2.24) is 0 Å². The normalized spacial score (nSPS) is 15.7. The van der Waals surface area contributed by atoms with Crippen molar-refractivity contribution in [3.63, 3.8) is 0 Å². The summed E-state index contributed by atoms with van der Waals surface area (Å²) in [6.07, 6.45) is -0.307. The molecule has 1 aliphatic rings. The van der Waals surface area contributed by atoms with Gasteiger partial charge in [0.25, 0.3) is 0 Å². The van der Waals surface area contributed by atoms with Crippen molar-refractivity contribution in [3.8, 4) is 0 Å². The molecule has 1 saturated heterocycles. The van der Waals surface area contributed by atoms with E-state index in [4.69, 9.17) is 11.6 Å². The summed E-state index contributed by atoms with van der Waals surface area (Å²) in [5.74, 6) is 0.886. The van der Waals surface area contributed by atoms with Crippen LogP contribution in [0, 0.1) is 5.92 Å². The van der Waals surface area contributed by atoms with Crippen LogP contribution in [-0.4, -0.2) is 32.3 Å². The number of carbonyl (C=O) groups is 1. The molecule has 0 unspecified atom stereocenters. The molecule has 0 spiro atoms. The van der Waals surface area contributed by atoms with Gasteiger partial charge in [-0.3, -0.25) is 4.79 Å². The van der Waals surface area contributed by atoms with Crippen LogP contribution in [0.1, 0.15) is 37.8 Å². The molecular weight excluding hydrogens is 511 g/mol. The minimum Gasteiger partial charge on any atom is -0.370 e. The second-order valence-electron chi connectivity index (χ2n) is 9.75. The van der Waals surface area contributed by atoms with Gasteiger partial charge in [-0.25, -0.2) is 4.99 Å². The number of benzene rings is 3. The third-order valence-electron chi connectivity index (χ3n) is 7.21. The first-order chi connectivity index (χ1) is 18.1. The lowest BCUT2D eigenvalue weighted by Gasteiger charge is -2.35. The summed E-state index contributed by atoms with van der Waals surface area (Å²) in [6.45, 7) is 5.07. The molecule has 1 fully saturated rings. The number of aliphatic imine (C=N–C) groups is 1. The fourth-order valence-electron chi connectivity index (χ4n) is 5.12. The average molecular weight is 542 g/mol. The van der Waals surface area contributed by atoms with Gasteiger partial charge in [-0.15, -0.1) is 0 Å². The maximum atomic E-state index is 14.0. The van der Waals surface area contributed by atoms with Gasteiger partial charge < -0.3 is 9.80 Å². The summed E-state index contributed by atoms with van der Waals surface area (Å²) in [5.41, 5.74) is 2.26. The van der Waals surface area contributed by atoms with E-state index in [2.05, 4.69) is 9.89 Å². The van der Waals surface area contributed by atoms with Crippen molar-refractivity contribution in [1.29, 1.82) is 0 Å². The highest BCUT2D eigenvalue weighted by Crippen LogP contribution is 2.40. The molecule has 1 heterocycles. The number of amidine groups is 1. The first kappa shape index (κ1) is 27.7. The number of alkyl halides is 3. The van der Waals surface area contributed by atoms with Gasteiger partial charge in [0, 0.05) is 31.5 Å². The molecule has 3 aromatic carbocycles. The number of carbonyl (C=O) groups excluding carboxylic acids is 1. The molecular formula is C30H31ClF3N3O. The number of allylic oxidation sites excluding steroid dienone is 2. The van der Waals surface area contributed by atoms with Crippen LogP contribution in [0.2, 0.25) is 5.02 Å². The lowest BCUT2D eigenvalue weighted by Crippen LogP contribution is -2.34. The summed E-state index contributed by atoms with van der Waals surface area (Å²) >= 11 is 6.67. The Balaban J connectivity index is 1.45. The number of hydrogen-bond donors (Lipinski definition) is 0. The molecule has 0 saturated carbocycles. The summed E-state index contributed by atoms with van der Waals surface area (Å²) in [4.78, 5) is 19.2. The van der Waals surface area contributed by atoms with E-state index in [0.717, 1.165) is 43.1 Å². The van der Waals surface area contributed by atoms with E-state index in [1.165, 1.54) is 6.08 Å². The monoisotopic (exact) mass is 541 g/mol. The topological polar surface area (TPSA) is 35.9 Å². The fraction of sp³-hybridized carbons (Fsp3) is 0.333. The molecule has 1 aliphatic heterocycles. The second kappa shape index (κ2) is 11.6. The van der Waals surface area contributed by atoms with Crippen molar-refractivity contribution in [2.75, 3.05) is 29.9 Å². The maximum Gasteiger partial charge on any atom is 0.417 e. The molecule has 0 aliphatic carbocycles. The standard InChI is InChI=1S/C30H31ClF3N3O/c1-20(14-17-38)35-21(2)36(3)25-10-11-28(27(31)19-25)37-15-12-22(13-16-37)18-24-9-8-23-6-4-5-7-26(23)29(24)30(32,33)34/h4-11,14,17,19,22H,12-13,15-16,18H2,1-3H3/b20-14-,35-21?. The van der Waals surface area contributed by atoms with E-state index in [1.807, 2.05) is 37.1 Å². The number of aldehydes is 1. The Morgan fingerprint density at radius 1 is 1.11 bits per heavy atom. The first-order valence-corrected chi connectivity index (χ1v) is 13.0. The lowest BCUT2D eigenvalue weighted by atomic mass is 9.86. The van der Waals surface area contributed by atoms with Gasteiger partial charge in [0.05, 0.1) is 16.3 Å². The van der Waals surface area contributed by atoms with Gasteiger partial charge in [0.1, 0.15) is 12.1 Å². The van der Waals surface area contributed by atoms with E-state index in [1.54, 1.807) is 43.3 Å². The minimum absolute atomic E-state index is 0.166. The van der Waals surface area contributed by atoms with E-state index in [9.17, 15) is 18.0 Å². The molecule has 0 radical (unpaired) electrons. The van der Waals surface area contributed by atoms with Gasteiger partial charge in [-0.2, -0.15) is 13.2 Å². The predicted molar refractivity (Wildman–Crippen MR) is 150 cm³/mol. The molecule has 0 atom stereocenters. The number of hydrogen-bond acceptors (Lipinski definition) is 3. The highest BCUT2D eigenvalue weighted by Gasteiger charge is 2.36. The second-order valence-corrected chi connectivity index (χ2v) is 10.2. The minimum atomic E-state index is -4.40. The van der Waals surface area contributed by atoms with Gasteiger partial charge in [-0.1, -0.05) is 48.0 Å². The zero-order valence-corrected chi connectivity index (χ0v) is 22.5. The molecule has 38 heavy (non-hydrogen) atoms. The molecule has 8 heteroatoms. The largest absolute Gasteiger partial charge is 0.417 e.